The van der Waals surface area contributed by atoms with E-state index >= 15 is 0 Å². The molecule has 0 unspecified atom stereocenters. The Bertz CT molecular complexity index is 968. The van der Waals surface area contributed by atoms with E-state index in [0.717, 1.165) is 18.4 Å². The number of benzene rings is 1. The number of carbonyl (C=O) groups is 3. The molecular weight excluding hydrogens is 416 g/mol. The molecule has 162 valence electrons. The number of carbonyl (C=O) groups excluding carboxylic acids is 3. The molecule has 7 nitrogen and oxygen atoms in total. The van der Waals surface area contributed by atoms with Gasteiger partial charge in [-0.25, -0.2) is 0 Å². The first-order chi connectivity index (χ1) is 15.0. The van der Waals surface area contributed by atoms with Gasteiger partial charge in [-0.05, 0) is 61.6 Å². The molecular formula is C23H25ClN4O3. The molecule has 1 N–H and O–H groups in total. The molecule has 31 heavy (non-hydrogen) atoms. The van der Waals surface area contributed by atoms with Gasteiger partial charge in [0.1, 0.15) is 12.1 Å². The van der Waals surface area contributed by atoms with E-state index in [0.29, 0.717) is 43.1 Å². The largest absolute Gasteiger partial charge is 0.350 e. The average Bonchev–Trinajstić information content (AvgIpc) is 3.47. The Morgan fingerprint density at radius 2 is 1.71 bits per heavy atom. The minimum Gasteiger partial charge on any atom is -0.350 e. The fraction of sp³-hybridized carbons (Fsp3) is 0.391. The lowest BCUT2D eigenvalue weighted by atomic mass is 10.1. The SMILES string of the molecule is O=C(NCc1ccncc1)[C@@H]1CCCN1C(=O)[C@H]1CCCN1C(=O)c1cccc(Cl)c1. The first kappa shape index (κ1) is 21.3. The third-order valence-electron chi connectivity index (χ3n) is 5.92. The quantitative estimate of drug-likeness (QED) is 0.774. The first-order valence-electron chi connectivity index (χ1n) is 10.6. The van der Waals surface area contributed by atoms with Gasteiger partial charge < -0.3 is 15.1 Å². The average molecular weight is 441 g/mol. The Balaban J connectivity index is 1.43. The molecule has 2 aliphatic heterocycles. The van der Waals surface area contributed by atoms with Gasteiger partial charge in [0, 0.05) is 42.6 Å². The maximum absolute atomic E-state index is 13.4. The van der Waals surface area contributed by atoms with Crippen molar-refractivity contribution < 1.29 is 14.4 Å². The van der Waals surface area contributed by atoms with Crippen molar-refractivity contribution in [2.24, 2.45) is 0 Å². The highest BCUT2D eigenvalue weighted by molar-refractivity contribution is 6.31. The summed E-state index contributed by atoms with van der Waals surface area (Å²) >= 11 is 6.03. The van der Waals surface area contributed by atoms with E-state index in [-0.39, 0.29) is 17.7 Å². The minimum absolute atomic E-state index is 0.144. The van der Waals surface area contributed by atoms with Gasteiger partial charge in [0.2, 0.25) is 11.8 Å². The third-order valence-corrected chi connectivity index (χ3v) is 6.16. The molecule has 1 aromatic carbocycles. The molecule has 0 radical (unpaired) electrons. The lowest BCUT2D eigenvalue weighted by molar-refractivity contribution is -0.141. The number of likely N-dealkylation sites (tertiary alicyclic amines) is 2. The lowest BCUT2D eigenvalue weighted by Gasteiger charge is -2.31. The molecule has 3 heterocycles. The predicted octanol–water partition coefficient (Wildman–Crippen LogP) is 2.65. The van der Waals surface area contributed by atoms with Crippen molar-refractivity contribution in [3.05, 3.63) is 64.9 Å². The summed E-state index contributed by atoms with van der Waals surface area (Å²) in [6.07, 6.45) is 6.12. The standard InChI is InChI=1S/C23H25ClN4O3/c24-18-5-1-4-17(14-18)22(30)28-13-3-7-20(28)23(31)27-12-2-6-19(27)21(29)26-15-16-8-10-25-11-9-16/h1,4-5,8-11,14,19-20H,2-3,6-7,12-13,15H2,(H,26,29)/t19-,20+/m0/s1. The normalized spacial score (nSPS) is 20.7. The van der Waals surface area contributed by atoms with Gasteiger partial charge in [-0.15, -0.1) is 0 Å². The molecule has 1 aromatic heterocycles. The summed E-state index contributed by atoms with van der Waals surface area (Å²) in [5, 5.41) is 3.41. The highest BCUT2D eigenvalue weighted by Crippen LogP contribution is 2.27. The van der Waals surface area contributed by atoms with Crippen LogP contribution in [0.2, 0.25) is 5.02 Å². The topological polar surface area (TPSA) is 82.6 Å². The van der Waals surface area contributed by atoms with Crippen LogP contribution in [0.1, 0.15) is 41.6 Å². The molecule has 2 saturated heterocycles. The molecule has 2 aliphatic rings. The van der Waals surface area contributed by atoms with Gasteiger partial charge in [0.15, 0.2) is 0 Å². The molecule has 0 spiro atoms. The van der Waals surface area contributed by atoms with Gasteiger partial charge in [-0.1, -0.05) is 17.7 Å². The Labute approximate surface area is 186 Å². The van der Waals surface area contributed by atoms with Crippen molar-refractivity contribution in [3.8, 4) is 0 Å². The highest BCUT2D eigenvalue weighted by Gasteiger charge is 2.42. The van der Waals surface area contributed by atoms with Crippen molar-refractivity contribution >= 4 is 29.3 Å². The molecule has 0 saturated carbocycles. The van der Waals surface area contributed by atoms with Crippen LogP contribution in [0, 0.1) is 0 Å². The number of rotatable bonds is 5. The van der Waals surface area contributed by atoms with Crippen LogP contribution >= 0.6 is 11.6 Å². The summed E-state index contributed by atoms with van der Waals surface area (Å²) in [7, 11) is 0. The summed E-state index contributed by atoms with van der Waals surface area (Å²) in [5.74, 6) is -0.501. The molecule has 0 aliphatic carbocycles. The van der Waals surface area contributed by atoms with Gasteiger partial charge in [-0.3, -0.25) is 19.4 Å². The predicted molar refractivity (Wildman–Crippen MR) is 116 cm³/mol. The summed E-state index contributed by atoms with van der Waals surface area (Å²) < 4.78 is 0. The number of amides is 3. The Hall–Kier alpha value is -2.93. The van der Waals surface area contributed by atoms with E-state index < -0.39 is 12.1 Å². The number of nitrogens with one attached hydrogen (secondary N) is 1. The van der Waals surface area contributed by atoms with Crippen LogP contribution in [0.25, 0.3) is 0 Å². The Morgan fingerprint density at radius 3 is 2.45 bits per heavy atom. The van der Waals surface area contributed by atoms with Gasteiger partial charge >= 0.3 is 0 Å². The van der Waals surface area contributed by atoms with Crippen LogP contribution in [0.15, 0.2) is 48.8 Å². The van der Waals surface area contributed by atoms with Crippen LogP contribution in [-0.2, 0) is 16.1 Å². The van der Waals surface area contributed by atoms with Crippen molar-refractivity contribution in [2.45, 2.75) is 44.3 Å². The molecule has 2 fully saturated rings. The number of halogens is 1. The maximum Gasteiger partial charge on any atom is 0.254 e. The molecule has 4 rings (SSSR count). The molecule has 0 bridgehead atoms. The van der Waals surface area contributed by atoms with E-state index in [1.54, 1.807) is 46.5 Å². The second-order valence-corrected chi connectivity index (χ2v) is 8.37. The van der Waals surface area contributed by atoms with Crippen LogP contribution in [0.3, 0.4) is 0 Å². The van der Waals surface area contributed by atoms with Crippen LogP contribution in [-0.4, -0.2) is 57.7 Å². The monoisotopic (exact) mass is 440 g/mol. The van der Waals surface area contributed by atoms with Crippen LogP contribution in [0.4, 0.5) is 0 Å². The summed E-state index contributed by atoms with van der Waals surface area (Å²) in [6.45, 7) is 1.44. The maximum atomic E-state index is 13.4. The molecule has 8 heteroatoms. The molecule has 2 atom stereocenters. The first-order valence-corrected chi connectivity index (χ1v) is 11.0. The van der Waals surface area contributed by atoms with E-state index in [9.17, 15) is 14.4 Å². The Kier molecular flexibility index (Phi) is 6.51. The number of hydrogen-bond acceptors (Lipinski definition) is 4. The smallest absolute Gasteiger partial charge is 0.254 e. The van der Waals surface area contributed by atoms with Crippen molar-refractivity contribution in [1.82, 2.24) is 20.1 Å². The minimum atomic E-state index is -0.542. The summed E-state index contributed by atoms with van der Waals surface area (Å²) in [5.41, 5.74) is 1.42. The summed E-state index contributed by atoms with van der Waals surface area (Å²) in [4.78, 5) is 46.4. The molecule has 2 aromatic rings. The van der Waals surface area contributed by atoms with Crippen LogP contribution in [0.5, 0.6) is 0 Å². The second-order valence-electron chi connectivity index (χ2n) is 7.93. The molecule has 3 amide bonds. The third kappa shape index (κ3) is 4.71. The van der Waals surface area contributed by atoms with E-state index in [1.165, 1.54) is 0 Å². The number of aromatic nitrogens is 1. The van der Waals surface area contributed by atoms with Crippen LogP contribution < -0.4 is 5.32 Å². The number of nitrogens with zero attached hydrogens (tertiary/aromatic N) is 3. The van der Waals surface area contributed by atoms with Crippen molar-refractivity contribution in [3.63, 3.8) is 0 Å². The van der Waals surface area contributed by atoms with E-state index in [4.69, 9.17) is 11.6 Å². The van der Waals surface area contributed by atoms with E-state index in [1.807, 2.05) is 12.1 Å². The van der Waals surface area contributed by atoms with Crippen molar-refractivity contribution in [2.75, 3.05) is 13.1 Å². The Morgan fingerprint density at radius 1 is 1.00 bits per heavy atom. The lowest BCUT2D eigenvalue weighted by Crippen LogP contribution is -2.52. The van der Waals surface area contributed by atoms with Gasteiger partial charge in [-0.2, -0.15) is 0 Å². The zero-order chi connectivity index (χ0) is 21.8. The number of hydrogen-bond donors (Lipinski definition) is 1. The zero-order valence-corrected chi connectivity index (χ0v) is 17.9. The summed E-state index contributed by atoms with van der Waals surface area (Å²) in [6, 6.07) is 9.41. The van der Waals surface area contributed by atoms with Gasteiger partial charge in [0.25, 0.3) is 5.91 Å². The fourth-order valence-electron chi connectivity index (χ4n) is 4.36. The zero-order valence-electron chi connectivity index (χ0n) is 17.2. The fourth-order valence-corrected chi connectivity index (χ4v) is 4.55. The van der Waals surface area contributed by atoms with Crippen molar-refractivity contribution in [1.29, 1.82) is 0 Å². The highest BCUT2D eigenvalue weighted by atomic mass is 35.5. The number of pyridine rings is 1. The van der Waals surface area contributed by atoms with E-state index in [2.05, 4.69) is 10.3 Å². The van der Waals surface area contributed by atoms with Gasteiger partial charge in [0.05, 0.1) is 0 Å². The second kappa shape index (κ2) is 9.47.